The smallest absolute Gasteiger partial charge is 0.253 e. The molecule has 6 nitrogen and oxygen atoms in total. The Morgan fingerprint density at radius 3 is 2.87 bits per heavy atom. The van der Waals surface area contributed by atoms with Crippen LogP contribution >= 0.6 is 24.8 Å². The largest absolute Gasteiger partial charge is 0.337 e. The number of carbonyl (C=O) groups excluding carboxylic acids is 1. The summed E-state index contributed by atoms with van der Waals surface area (Å²) in [6, 6.07) is 7.90. The maximum absolute atomic E-state index is 12.6. The van der Waals surface area contributed by atoms with Gasteiger partial charge in [-0.25, -0.2) is 9.67 Å². The number of nitrogens with one attached hydrogen (secondary N) is 1. The average molecular weight is 358 g/mol. The standard InChI is InChI=1S/C15H19N5O.2ClH/c1-16-13-5-3-7-19(9-13)15(21)12-4-2-6-14(8-12)20-11-17-10-18-20;;/h2,4,6,8,10-11,13,16H,3,5,7,9H2,1H3;2*1H. The van der Waals surface area contributed by atoms with Gasteiger partial charge in [0.2, 0.25) is 0 Å². The predicted molar refractivity (Wildman–Crippen MR) is 93.8 cm³/mol. The minimum Gasteiger partial charge on any atom is -0.337 e. The van der Waals surface area contributed by atoms with Crippen LogP contribution in [0.2, 0.25) is 0 Å². The number of amides is 1. The summed E-state index contributed by atoms with van der Waals surface area (Å²) in [7, 11) is 1.95. The second kappa shape index (κ2) is 8.86. The fourth-order valence-electron chi connectivity index (χ4n) is 2.70. The number of hydrogen-bond acceptors (Lipinski definition) is 4. The fraction of sp³-hybridized carbons (Fsp3) is 0.400. The van der Waals surface area contributed by atoms with Gasteiger partial charge in [0.15, 0.2) is 0 Å². The SMILES string of the molecule is CNC1CCCN(C(=O)c2cccc(-n3cncn3)c2)C1.Cl.Cl. The van der Waals surface area contributed by atoms with E-state index in [4.69, 9.17) is 0 Å². The maximum Gasteiger partial charge on any atom is 0.253 e. The number of likely N-dealkylation sites (tertiary alicyclic amines) is 1. The van der Waals surface area contributed by atoms with Crippen molar-refractivity contribution < 1.29 is 4.79 Å². The molecule has 1 N–H and O–H groups in total. The zero-order valence-corrected chi connectivity index (χ0v) is 14.5. The fourth-order valence-corrected chi connectivity index (χ4v) is 2.70. The number of hydrogen-bond donors (Lipinski definition) is 1. The van der Waals surface area contributed by atoms with Crippen LogP contribution in [-0.4, -0.2) is 51.8 Å². The van der Waals surface area contributed by atoms with E-state index in [1.807, 2.05) is 36.2 Å². The Labute approximate surface area is 148 Å². The Kier molecular flexibility index (Phi) is 7.48. The zero-order valence-electron chi connectivity index (χ0n) is 12.9. The van der Waals surface area contributed by atoms with E-state index in [2.05, 4.69) is 15.4 Å². The molecular weight excluding hydrogens is 337 g/mol. The molecule has 3 rings (SSSR count). The Morgan fingerprint density at radius 1 is 1.35 bits per heavy atom. The van der Waals surface area contributed by atoms with E-state index in [-0.39, 0.29) is 30.7 Å². The molecule has 0 saturated carbocycles. The number of benzene rings is 1. The molecule has 1 aliphatic heterocycles. The molecule has 0 radical (unpaired) electrons. The molecule has 1 fully saturated rings. The van der Waals surface area contributed by atoms with Crippen LogP contribution in [0.5, 0.6) is 0 Å². The van der Waals surface area contributed by atoms with Crippen molar-refractivity contribution in [2.75, 3.05) is 20.1 Å². The van der Waals surface area contributed by atoms with Crippen LogP contribution < -0.4 is 5.32 Å². The first kappa shape index (κ1) is 19.4. The Bertz CT molecular complexity index is 620. The van der Waals surface area contributed by atoms with Crippen LogP contribution in [0, 0.1) is 0 Å². The lowest BCUT2D eigenvalue weighted by molar-refractivity contribution is 0.0698. The molecule has 126 valence electrons. The molecule has 8 heteroatoms. The predicted octanol–water partition coefficient (Wildman–Crippen LogP) is 1.93. The molecule has 1 aliphatic rings. The number of halogens is 2. The molecule has 1 amide bonds. The van der Waals surface area contributed by atoms with E-state index in [1.54, 1.807) is 11.0 Å². The first-order valence-electron chi connectivity index (χ1n) is 7.19. The zero-order chi connectivity index (χ0) is 14.7. The molecule has 2 heterocycles. The summed E-state index contributed by atoms with van der Waals surface area (Å²) < 4.78 is 1.66. The van der Waals surface area contributed by atoms with Crippen LogP contribution in [0.25, 0.3) is 5.69 Å². The van der Waals surface area contributed by atoms with Gasteiger partial charge in [-0.2, -0.15) is 5.10 Å². The third-order valence-electron chi connectivity index (χ3n) is 3.89. The van der Waals surface area contributed by atoms with Gasteiger partial charge < -0.3 is 10.2 Å². The van der Waals surface area contributed by atoms with Crippen molar-refractivity contribution in [3.63, 3.8) is 0 Å². The topological polar surface area (TPSA) is 63.1 Å². The van der Waals surface area contributed by atoms with Crippen molar-refractivity contribution in [1.29, 1.82) is 0 Å². The highest BCUT2D eigenvalue weighted by Gasteiger charge is 2.23. The molecule has 1 aromatic carbocycles. The number of likely N-dealkylation sites (N-methyl/N-ethyl adjacent to an activating group) is 1. The summed E-state index contributed by atoms with van der Waals surface area (Å²) in [5.74, 6) is 0.0805. The first-order chi connectivity index (χ1) is 10.3. The van der Waals surface area contributed by atoms with E-state index in [0.29, 0.717) is 11.6 Å². The van der Waals surface area contributed by atoms with Gasteiger partial charge in [-0.3, -0.25) is 4.79 Å². The van der Waals surface area contributed by atoms with Crippen molar-refractivity contribution in [3.05, 3.63) is 42.5 Å². The summed E-state index contributed by atoms with van der Waals surface area (Å²) in [5.41, 5.74) is 1.54. The number of rotatable bonds is 3. The Morgan fingerprint density at radius 2 is 2.17 bits per heavy atom. The van der Waals surface area contributed by atoms with Crippen LogP contribution in [0.1, 0.15) is 23.2 Å². The van der Waals surface area contributed by atoms with Crippen molar-refractivity contribution in [3.8, 4) is 5.69 Å². The lowest BCUT2D eigenvalue weighted by atomic mass is 10.0. The van der Waals surface area contributed by atoms with Gasteiger partial charge in [0.1, 0.15) is 12.7 Å². The molecule has 23 heavy (non-hydrogen) atoms. The quantitative estimate of drug-likeness (QED) is 0.911. The minimum atomic E-state index is 0. The normalized spacial score (nSPS) is 17.1. The van der Waals surface area contributed by atoms with E-state index >= 15 is 0 Å². The average Bonchev–Trinajstić information content (AvgIpc) is 3.09. The highest BCUT2D eigenvalue weighted by Crippen LogP contribution is 2.16. The number of carbonyl (C=O) groups is 1. The van der Waals surface area contributed by atoms with Crippen molar-refractivity contribution >= 4 is 30.7 Å². The van der Waals surface area contributed by atoms with E-state index in [9.17, 15) is 4.79 Å². The summed E-state index contributed by atoms with van der Waals surface area (Å²) in [4.78, 5) is 18.5. The number of nitrogens with zero attached hydrogens (tertiary/aromatic N) is 4. The summed E-state index contributed by atoms with van der Waals surface area (Å²) >= 11 is 0. The first-order valence-corrected chi connectivity index (χ1v) is 7.19. The molecule has 1 unspecified atom stereocenters. The van der Waals surface area contributed by atoms with Gasteiger partial charge in [-0.05, 0) is 38.1 Å². The maximum atomic E-state index is 12.6. The van der Waals surface area contributed by atoms with Gasteiger partial charge >= 0.3 is 0 Å². The molecular formula is C15H21Cl2N5O. The lowest BCUT2D eigenvalue weighted by Crippen LogP contribution is -2.46. The van der Waals surface area contributed by atoms with E-state index in [1.165, 1.54) is 6.33 Å². The van der Waals surface area contributed by atoms with Crippen LogP contribution in [-0.2, 0) is 0 Å². The third kappa shape index (κ3) is 4.43. The van der Waals surface area contributed by atoms with Gasteiger partial charge in [0, 0.05) is 24.7 Å². The summed E-state index contributed by atoms with van der Waals surface area (Å²) in [6.45, 7) is 1.59. The highest BCUT2D eigenvalue weighted by atomic mass is 35.5. The molecule has 1 saturated heterocycles. The number of piperidine rings is 1. The van der Waals surface area contributed by atoms with Gasteiger partial charge in [-0.15, -0.1) is 24.8 Å². The number of aromatic nitrogens is 3. The highest BCUT2D eigenvalue weighted by molar-refractivity contribution is 5.94. The minimum absolute atomic E-state index is 0. The molecule has 0 aliphatic carbocycles. The molecule has 1 atom stereocenters. The van der Waals surface area contributed by atoms with E-state index in [0.717, 1.165) is 31.6 Å². The molecule has 0 spiro atoms. The van der Waals surface area contributed by atoms with Crippen LogP contribution in [0.4, 0.5) is 0 Å². The molecule has 2 aromatic rings. The van der Waals surface area contributed by atoms with Crippen molar-refractivity contribution in [2.45, 2.75) is 18.9 Å². The summed E-state index contributed by atoms with van der Waals surface area (Å²) in [5, 5.41) is 7.35. The van der Waals surface area contributed by atoms with Gasteiger partial charge in [-0.1, -0.05) is 6.07 Å². The summed E-state index contributed by atoms with van der Waals surface area (Å²) in [6.07, 6.45) is 5.28. The van der Waals surface area contributed by atoms with Gasteiger partial charge in [0.25, 0.3) is 5.91 Å². The Balaban J connectivity index is 0.00000132. The molecule has 1 aromatic heterocycles. The Hall–Kier alpha value is -1.63. The van der Waals surface area contributed by atoms with Crippen LogP contribution in [0.3, 0.4) is 0 Å². The van der Waals surface area contributed by atoms with Crippen LogP contribution in [0.15, 0.2) is 36.9 Å². The van der Waals surface area contributed by atoms with Crippen molar-refractivity contribution in [1.82, 2.24) is 25.0 Å². The van der Waals surface area contributed by atoms with Crippen molar-refractivity contribution in [2.24, 2.45) is 0 Å². The monoisotopic (exact) mass is 357 g/mol. The third-order valence-corrected chi connectivity index (χ3v) is 3.89. The molecule has 0 bridgehead atoms. The lowest BCUT2D eigenvalue weighted by Gasteiger charge is -2.32. The second-order valence-corrected chi connectivity index (χ2v) is 5.27. The second-order valence-electron chi connectivity index (χ2n) is 5.27. The van der Waals surface area contributed by atoms with E-state index < -0.39 is 0 Å². The van der Waals surface area contributed by atoms with Gasteiger partial charge in [0.05, 0.1) is 5.69 Å².